The highest BCUT2D eigenvalue weighted by molar-refractivity contribution is 7.99. The highest BCUT2D eigenvalue weighted by atomic mass is 32.2. The molecule has 0 aliphatic heterocycles. The summed E-state index contributed by atoms with van der Waals surface area (Å²) in [4.78, 5) is 12.6. The maximum absolute atomic E-state index is 12.6. The second-order valence-electron chi connectivity index (χ2n) is 7.37. The molecule has 0 spiro atoms. The zero-order valence-electron chi connectivity index (χ0n) is 17.5. The fraction of sp³-hybridized carbons (Fsp3) is 0.364. The summed E-state index contributed by atoms with van der Waals surface area (Å²) in [6.07, 6.45) is 8.17. The van der Waals surface area contributed by atoms with Gasteiger partial charge in [0.1, 0.15) is 11.6 Å². The number of carbonyl (C=O) groups excluding carboxylic acids is 1. The Hall–Kier alpha value is -3.07. The van der Waals surface area contributed by atoms with Crippen LogP contribution >= 0.6 is 11.8 Å². The van der Waals surface area contributed by atoms with Crippen LogP contribution in [0.15, 0.2) is 54.3 Å². The second-order valence-corrected chi connectivity index (χ2v) is 8.31. The van der Waals surface area contributed by atoms with E-state index < -0.39 is 0 Å². The summed E-state index contributed by atoms with van der Waals surface area (Å²) in [7, 11) is 1.63. The molecule has 0 unspecified atom stereocenters. The molecule has 1 saturated carbocycles. The van der Waals surface area contributed by atoms with Gasteiger partial charge in [0.25, 0.3) is 0 Å². The Balaban J connectivity index is 1.43. The van der Waals surface area contributed by atoms with E-state index in [1.807, 2.05) is 39.6 Å². The molecule has 1 fully saturated rings. The molecule has 1 aromatic carbocycles. The minimum absolute atomic E-state index is 0.0936. The van der Waals surface area contributed by atoms with Crippen LogP contribution in [0.25, 0.3) is 11.4 Å². The number of aromatic nitrogens is 5. The summed E-state index contributed by atoms with van der Waals surface area (Å²) in [6, 6.07) is 9.87. The van der Waals surface area contributed by atoms with Crippen molar-refractivity contribution in [3.8, 4) is 17.1 Å². The summed E-state index contributed by atoms with van der Waals surface area (Å²) in [5.41, 5.74) is 0.923. The lowest BCUT2D eigenvalue weighted by Gasteiger charge is -2.14. The Labute approximate surface area is 185 Å². The summed E-state index contributed by atoms with van der Waals surface area (Å²) in [5.74, 6) is 2.40. The van der Waals surface area contributed by atoms with Gasteiger partial charge in [0.2, 0.25) is 5.91 Å². The number of nitrogens with one attached hydrogen (secondary N) is 1. The number of thioether (sulfide) groups is 1. The van der Waals surface area contributed by atoms with Gasteiger partial charge in [-0.25, -0.2) is 4.68 Å². The van der Waals surface area contributed by atoms with Crippen molar-refractivity contribution in [3.63, 3.8) is 0 Å². The molecule has 1 amide bonds. The van der Waals surface area contributed by atoms with Crippen LogP contribution in [-0.2, 0) is 11.3 Å². The van der Waals surface area contributed by atoms with Crippen molar-refractivity contribution < 1.29 is 9.53 Å². The number of nitrogens with zero attached hydrogens (tertiary/aromatic N) is 5. The minimum Gasteiger partial charge on any atom is -0.497 e. The van der Waals surface area contributed by atoms with Crippen molar-refractivity contribution in [1.82, 2.24) is 24.5 Å². The zero-order valence-corrected chi connectivity index (χ0v) is 18.3. The lowest BCUT2D eigenvalue weighted by molar-refractivity contribution is -0.113. The molecule has 0 saturated heterocycles. The van der Waals surface area contributed by atoms with E-state index in [4.69, 9.17) is 4.74 Å². The number of hydrogen-bond acceptors (Lipinski definition) is 6. The van der Waals surface area contributed by atoms with Crippen molar-refractivity contribution in [2.75, 3.05) is 18.2 Å². The van der Waals surface area contributed by atoms with E-state index in [1.54, 1.807) is 19.4 Å². The molecule has 1 aliphatic carbocycles. The van der Waals surface area contributed by atoms with Gasteiger partial charge >= 0.3 is 0 Å². The molecule has 31 heavy (non-hydrogen) atoms. The Morgan fingerprint density at radius 1 is 1.26 bits per heavy atom. The number of carbonyl (C=O) groups is 1. The van der Waals surface area contributed by atoms with Crippen LogP contribution in [0.2, 0.25) is 0 Å². The molecule has 0 bridgehead atoms. The number of rotatable bonds is 9. The maximum atomic E-state index is 12.6. The van der Waals surface area contributed by atoms with Crippen LogP contribution < -0.4 is 10.1 Å². The molecule has 2 heterocycles. The average molecular weight is 439 g/mol. The van der Waals surface area contributed by atoms with E-state index in [1.165, 1.54) is 24.6 Å². The van der Waals surface area contributed by atoms with Gasteiger partial charge in [-0.1, -0.05) is 30.7 Å². The minimum atomic E-state index is -0.0936. The Bertz CT molecular complexity index is 1040. The van der Waals surface area contributed by atoms with Gasteiger partial charge in [0.15, 0.2) is 11.0 Å². The van der Waals surface area contributed by atoms with Crippen LogP contribution in [0.1, 0.15) is 31.7 Å². The SMILES string of the molecule is C=CCn1c(SCC(=O)Nc2ccnn2C2CCCC2)nnc1-c1ccc(OC)cc1. The number of anilines is 1. The van der Waals surface area contributed by atoms with Crippen LogP contribution in [0.3, 0.4) is 0 Å². The third-order valence-electron chi connectivity index (χ3n) is 5.32. The third kappa shape index (κ3) is 4.82. The van der Waals surface area contributed by atoms with Gasteiger partial charge in [-0.2, -0.15) is 5.10 Å². The molecule has 2 aromatic heterocycles. The molecule has 3 aromatic rings. The number of benzene rings is 1. The van der Waals surface area contributed by atoms with E-state index in [-0.39, 0.29) is 11.7 Å². The van der Waals surface area contributed by atoms with Gasteiger partial charge in [-0.05, 0) is 37.1 Å². The van der Waals surface area contributed by atoms with Crippen LogP contribution in [0.4, 0.5) is 5.82 Å². The normalized spacial score (nSPS) is 14.0. The second kappa shape index (κ2) is 9.82. The highest BCUT2D eigenvalue weighted by Crippen LogP contribution is 2.31. The first kappa shape index (κ1) is 21.2. The number of hydrogen-bond donors (Lipinski definition) is 1. The van der Waals surface area contributed by atoms with E-state index in [9.17, 15) is 4.79 Å². The van der Waals surface area contributed by atoms with Crippen molar-refractivity contribution in [1.29, 1.82) is 0 Å². The predicted octanol–water partition coefficient (Wildman–Crippen LogP) is 4.18. The number of ether oxygens (including phenoxy) is 1. The van der Waals surface area contributed by atoms with Crippen LogP contribution in [0.5, 0.6) is 5.75 Å². The van der Waals surface area contributed by atoms with Gasteiger partial charge < -0.3 is 10.1 Å². The molecule has 1 aliphatic rings. The molecular weight excluding hydrogens is 412 g/mol. The molecule has 162 valence electrons. The van der Waals surface area contributed by atoms with E-state index in [2.05, 4.69) is 27.2 Å². The smallest absolute Gasteiger partial charge is 0.235 e. The molecule has 4 rings (SSSR count). The fourth-order valence-electron chi connectivity index (χ4n) is 3.80. The largest absolute Gasteiger partial charge is 0.497 e. The standard InChI is InChI=1S/C22H26N6O2S/c1-3-14-27-21(16-8-10-18(30-2)11-9-16)25-26-22(27)31-15-20(29)24-19-12-13-23-28(19)17-6-4-5-7-17/h3,8-13,17H,1,4-7,14-15H2,2H3,(H,24,29). The van der Waals surface area contributed by atoms with E-state index in [0.717, 1.165) is 35.8 Å². The molecule has 9 heteroatoms. The van der Waals surface area contributed by atoms with Crippen molar-refractivity contribution >= 4 is 23.5 Å². The summed E-state index contributed by atoms with van der Waals surface area (Å²) < 4.78 is 9.12. The summed E-state index contributed by atoms with van der Waals surface area (Å²) in [5, 5.41) is 16.7. The van der Waals surface area contributed by atoms with Crippen LogP contribution in [-0.4, -0.2) is 43.3 Å². The maximum Gasteiger partial charge on any atom is 0.235 e. The molecular formula is C22H26N6O2S. The fourth-order valence-corrected chi connectivity index (χ4v) is 4.55. The average Bonchev–Trinajstić information content (AvgIpc) is 3.54. The van der Waals surface area contributed by atoms with Gasteiger partial charge in [-0.15, -0.1) is 16.8 Å². The van der Waals surface area contributed by atoms with Crippen molar-refractivity contribution in [2.24, 2.45) is 0 Å². The first-order valence-electron chi connectivity index (χ1n) is 10.3. The topological polar surface area (TPSA) is 86.9 Å². The van der Waals surface area contributed by atoms with Gasteiger partial charge in [-0.3, -0.25) is 9.36 Å². The molecule has 0 radical (unpaired) electrons. The predicted molar refractivity (Wildman–Crippen MR) is 121 cm³/mol. The van der Waals surface area contributed by atoms with E-state index in [0.29, 0.717) is 17.7 Å². The van der Waals surface area contributed by atoms with E-state index >= 15 is 0 Å². The highest BCUT2D eigenvalue weighted by Gasteiger charge is 2.21. The van der Waals surface area contributed by atoms with Gasteiger partial charge in [0.05, 0.1) is 25.1 Å². The molecule has 1 N–H and O–H groups in total. The van der Waals surface area contributed by atoms with Gasteiger partial charge in [0, 0.05) is 18.2 Å². The lowest BCUT2D eigenvalue weighted by atomic mass is 10.2. The quantitative estimate of drug-likeness (QED) is 0.398. The molecule has 8 nitrogen and oxygen atoms in total. The Morgan fingerprint density at radius 2 is 2.03 bits per heavy atom. The lowest BCUT2D eigenvalue weighted by Crippen LogP contribution is -2.19. The number of amides is 1. The Morgan fingerprint density at radius 3 is 2.74 bits per heavy atom. The number of methoxy groups -OCH3 is 1. The zero-order chi connectivity index (χ0) is 21.6. The monoisotopic (exact) mass is 438 g/mol. The first-order chi connectivity index (χ1) is 15.2. The summed E-state index contributed by atoms with van der Waals surface area (Å²) in [6.45, 7) is 4.39. The van der Waals surface area contributed by atoms with Crippen LogP contribution in [0, 0.1) is 0 Å². The Kier molecular flexibility index (Phi) is 6.71. The van der Waals surface area contributed by atoms with Crippen molar-refractivity contribution in [2.45, 2.75) is 43.4 Å². The number of allylic oxidation sites excluding steroid dienone is 1. The molecule has 0 atom stereocenters. The van der Waals surface area contributed by atoms with Crippen molar-refractivity contribution in [3.05, 3.63) is 49.2 Å². The summed E-state index contributed by atoms with van der Waals surface area (Å²) >= 11 is 1.35. The first-order valence-corrected chi connectivity index (χ1v) is 11.3. The third-order valence-corrected chi connectivity index (χ3v) is 6.28.